The molecule has 0 aromatic heterocycles. The zero-order valence-corrected chi connectivity index (χ0v) is 14.1. The van der Waals surface area contributed by atoms with E-state index in [2.05, 4.69) is 22.9 Å². The zero-order valence-electron chi connectivity index (χ0n) is 12.5. The first-order valence-electron chi connectivity index (χ1n) is 7.29. The molecule has 1 aromatic carbocycles. The molecule has 5 heteroatoms. The molecular weight excluding hydrogens is 332 g/mol. The molecule has 0 spiro atoms. The van der Waals surface area contributed by atoms with E-state index in [-0.39, 0.29) is 18.4 Å². The van der Waals surface area contributed by atoms with Gasteiger partial charge in [0.15, 0.2) is 0 Å². The Hall–Kier alpha value is -1.36. The van der Waals surface area contributed by atoms with Crippen LogP contribution in [0.25, 0.3) is 0 Å². The van der Waals surface area contributed by atoms with E-state index in [0.29, 0.717) is 5.92 Å². The minimum Gasteiger partial charge on any atom is -0.341 e. The maximum absolute atomic E-state index is 12.4. The van der Waals surface area contributed by atoms with Crippen molar-refractivity contribution in [1.82, 2.24) is 4.90 Å². The molecule has 1 aromatic rings. The summed E-state index contributed by atoms with van der Waals surface area (Å²) in [7, 11) is 0. The van der Waals surface area contributed by atoms with Gasteiger partial charge < -0.3 is 9.80 Å². The van der Waals surface area contributed by atoms with Crippen LogP contribution in [0.4, 0.5) is 5.69 Å². The Bertz CT molecular complexity index is 525. The van der Waals surface area contributed by atoms with Crippen LogP contribution in [0, 0.1) is 5.92 Å². The lowest BCUT2D eigenvalue weighted by molar-refractivity contribution is -0.132. The van der Waals surface area contributed by atoms with E-state index in [1.807, 2.05) is 29.2 Å². The molecule has 1 aliphatic rings. The van der Waals surface area contributed by atoms with Crippen molar-refractivity contribution in [2.45, 2.75) is 26.7 Å². The topological polar surface area (TPSA) is 40.6 Å². The standard InChI is InChI=1S/C16H21BrN2O2/c1-12-7-9-18(10-8-12)16(21)11-19(13(2)20)15-6-4-3-5-14(15)17/h3-6,12H,7-11H2,1-2H3. The fourth-order valence-electron chi connectivity index (χ4n) is 2.53. The van der Waals surface area contributed by atoms with Gasteiger partial charge in [-0.3, -0.25) is 9.59 Å². The molecule has 1 fully saturated rings. The van der Waals surface area contributed by atoms with Gasteiger partial charge in [0.1, 0.15) is 6.54 Å². The molecule has 21 heavy (non-hydrogen) atoms. The number of hydrogen-bond acceptors (Lipinski definition) is 2. The molecule has 0 bridgehead atoms. The van der Waals surface area contributed by atoms with Gasteiger partial charge >= 0.3 is 0 Å². The first-order chi connectivity index (χ1) is 9.99. The maximum Gasteiger partial charge on any atom is 0.242 e. The Labute approximate surface area is 134 Å². The highest BCUT2D eigenvalue weighted by Crippen LogP contribution is 2.26. The number of carbonyl (C=O) groups is 2. The van der Waals surface area contributed by atoms with Gasteiger partial charge in [-0.25, -0.2) is 0 Å². The van der Waals surface area contributed by atoms with Crippen LogP contribution < -0.4 is 4.90 Å². The Kier molecular flexibility index (Phi) is 5.39. The Morgan fingerprint density at radius 3 is 2.48 bits per heavy atom. The first kappa shape index (κ1) is 16.0. The summed E-state index contributed by atoms with van der Waals surface area (Å²) >= 11 is 3.44. The van der Waals surface area contributed by atoms with Gasteiger partial charge in [0.05, 0.1) is 5.69 Å². The Balaban J connectivity index is 2.08. The number of anilines is 1. The third-order valence-corrected chi connectivity index (χ3v) is 4.62. The van der Waals surface area contributed by atoms with Gasteiger partial charge in [0.2, 0.25) is 11.8 Å². The molecular formula is C16H21BrN2O2. The lowest BCUT2D eigenvalue weighted by Crippen LogP contribution is -2.45. The van der Waals surface area contributed by atoms with Crippen molar-refractivity contribution in [3.63, 3.8) is 0 Å². The summed E-state index contributed by atoms with van der Waals surface area (Å²) in [6.07, 6.45) is 2.09. The number of carbonyl (C=O) groups excluding carboxylic acids is 2. The number of likely N-dealkylation sites (tertiary alicyclic amines) is 1. The zero-order chi connectivity index (χ0) is 15.4. The molecule has 0 saturated carbocycles. The summed E-state index contributed by atoms with van der Waals surface area (Å²) in [5.41, 5.74) is 0.740. The Morgan fingerprint density at radius 2 is 1.90 bits per heavy atom. The molecule has 114 valence electrons. The van der Waals surface area contributed by atoms with Crippen LogP contribution >= 0.6 is 15.9 Å². The number of nitrogens with zero attached hydrogens (tertiary/aromatic N) is 2. The van der Waals surface area contributed by atoms with Crippen molar-refractivity contribution in [3.8, 4) is 0 Å². The van der Waals surface area contributed by atoms with E-state index < -0.39 is 0 Å². The maximum atomic E-state index is 12.4. The van der Waals surface area contributed by atoms with Gasteiger partial charge in [-0.2, -0.15) is 0 Å². The number of para-hydroxylation sites is 1. The smallest absolute Gasteiger partial charge is 0.242 e. The van der Waals surface area contributed by atoms with Gasteiger partial charge in [0.25, 0.3) is 0 Å². The fraction of sp³-hybridized carbons (Fsp3) is 0.500. The predicted molar refractivity (Wildman–Crippen MR) is 87.1 cm³/mol. The van der Waals surface area contributed by atoms with Crippen LogP contribution in [-0.2, 0) is 9.59 Å². The van der Waals surface area contributed by atoms with Gasteiger partial charge in [-0.05, 0) is 46.8 Å². The van der Waals surface area contributed by atoms with E-state index in [1.165, 1.54) is 11.8 Å². The van der Waals surface area contributed by atoms with Crippen molar-refractivity contribution < 1.29 is 9.59 Å². The van der Waals surface area contributed by atoms with Crippen LogP contribution in [0.5, 0.6) is 0 Å². The minimum absolute atomic E-state index is 0.0212. The molecule has 1 aliphatic heterocycles. The summed E-state index contributed by atoms with van der Waals surface area (Å²) in [5.74, 6) is 0.578. The molecule has 2 rings (SSSR count). The minimum atomic E-state index is -0.124. The average molecular weight is 353 g/mol. The summed E-state index contributed by atoms with van der Waals surface area (Å²) in [4.78, 5) is 27.7. The summed E-state index contributed by atoms with van der Waals surface area (Å²) in [5, 5.41) is 0. The van der Waals surface area contributed by atoms with Crippen LogP contribution in [0.2, 0.25) is 0 Å². The lowest BCUT2D eigenvalue weighted by atomic mass is 9.99. The first-order valence-corrected chi connectivity index (χ1v) is 8.08. The number of hydrogen-bond donors (Lipinski definition) is 0. The van der Waals surface area contributed by atoms with E-state index in [9.17, 15) is 9.59 Å². The van der Waals surface area contributed by atoms with Crippen LogP contribution in [0.3, 0.4) is 0 Å². The second kappa shape index (κ2) is 7.07. The predicted octanol–water partition coefficient (Wildman–Crippen LogP) is 3.06. The molecule has 0 atom stereocenters. The molecule has 0 aliphatic carbocycles. The molecule has 1 heterocycles. The van der Waals surface area contributed by atoms with Crippen LogP contribution in [0.1, 0.15) is 26.7 Å². The number of halogens is 1. The van der Waals surface area contributed by atoms with Gasteiger partial charge in [-0.1, -0.05) is 19.1 Å². The number of benzene rings is 1. The highest BCUT2D eigenvalue weighted by atomic mass is 79.9. The normalized spacial score (nSPS) is 15.9. The summed E-state index contributed by atoms with van der Waals surface area (Å²) in [6, 6.07) is 7.47. The van der Waals surface area contributed by atoms with Crippen molar-refractivity contribution in [2.75, 3.05) is 24.5 Å². The van der Waals surface area contributed by atoms with Crippen molar-refractivity contribution >= 4 is 33.4 Å². The van der Waals surface area contributed by atoms with Crippen LogP contribution in [0.15, 0.2) is 28.7 Å². The monoisotopic (exact) mass is 352 g/mol. The number of piperidine rings is 1. The Morgan fingerprint density at radius 1 is 1.29 bits per heavy atom. The van der Waals surface area contributed by atoms with Crippen LogP contribution in [-0.4, -0.2) is 36.3 Å². The molecule has 0 radical (unpaired) electrons. The quantitative estimate of drug-likeness (QED) is 0.838. The summed E-state index contributed by atoms with van der Waals surface area (Å²) in [6.45, 7) is 5.39. The molecule has 0 unspecified atom stereocenters. The fourth-order valence-corrected chi connectivity index (χ4v) is 3.03. The highest BCUT2D eigenvalue weighted by molar-refractivity contribution is 9.10. The third kappa shape index (κ3) is 4.06. The van der Waals surface area contributed by atoms with Crippen molar-refractivity contribution in [1.29, 1.82) is 0 Å². The molecule has 2 amide bonds. The van der Waals surface area contributed by atoms with Gasteiger partial charge in [0, 0.05) is 24.5 Å². The summed E-state index contributed by atoms with van der Waals surface area (Å²) < 4.78 is 0.820. The highest BCUT2D eigenvalue weighted by Gasteiger charge is 2.24. The van der Waals surface area contributed by atoms with E-state index >= 15 is 0 Å². The number of rotatable bonds is 3. The second-order valence-corrected chi connectivity index (χ2v) is 6.47. The molecule has 4 nitrogen and oxygen atoms in total. The lowest BCUT2D eigenvalue weighted by Gasteiger charge is -2.32. The SMILES string of the molecule is CC(=O)N(CC(=O)N1CCC(C)CC1)c1ccccc1Br. The number of amides is 2. The molecule has 1 saturated heterocycles. The second-order valence-electron chi connectivity index (χ2n) is 5.62. The molecule has 0 N–H and O–H groups in total. The van der Waals surface area contributed by atoms with E-state index in [0.717, 1.165) is 36.1 Å². The van der Waals surface area contributed by atoms with E-state index in [1.54, 1.807) is 0 Å². The largest absolute Gasteiger partial charge is 0.341 e. The average Bonchev–Trinajstić information content (AvgIpc) is 2.46. The van der Waals surface area contributed by atoms with Crippen molar-refractivity contribution in [2.24, 2.45) is 5.92 Å². The van der Waals surface area contributed by atoms with Gasteiger partial charge in [-0.15, -0.1) is 0 Å². The van der Waals surface area contributed by atoms with E-state index in [4.69, 9.17) is 0 Å². The van der Waals surface area contributed by atoms with Crippen molar-refractivity contribution in [3.05, 3.63) is 28.7 Å². The third-order valence-electron chi connectivity index (χ3n) is 3.95.